The number of aryl methyl sites for hydroxylation is 2. The number of carbonyl (C=O) groups excluding carboxylic acids is 1. The Kier molecular flexibility index (Phi) is 3.83. The quantitative estimate of drug-likeness (QED) is 0.749. The van der Waals surface area contributed by atoms with Crippen molar-refractivity contribution in [2.75, 3.05) is 18.0 Å². The number of rotatable bonds is 3. The maximum atomic E-state index is 12.4. The molecule has 9 heteroatoms. The van der Waals surface area contributed by atoms with Gasteiger partial charge in [0.2, 0.25) is 5.65 Å². The molecular weight excluding hydrogens is 320 g/mol. The van der Waals surface area contributed by atoms with Crippen LogP contribution in [0.1, 0.15) is 29.0 Å². The first-order valence-electron chi connectivity index (χ1n) is 8.32. The van der Waals surface area contributed by atoms with E-state index in [1.54, 1.807) is 30.3 Å². The van der Waals surface area contributed by atoms with Gasteiger partial charge in [-0.25, -0.2) is 4.98 Å². The van der Waals surface area contributed by atoms with Crippen LogP contribution in [0, 0.1) is 6.92 Å². The minimum atomic E-state index is -0.0931. The molecule has 1 N–H and O–H groups in total. The predicted octanol–water partition coefficient (Wildman–Crippen LogP) is 0.565. The fourth-order valence-electron chi connectivity index (χ4n) is 3.25. The van der Waals surface area contributed by atoms with E-state index in [9.17, 15) is 4.79 Å². The van der Waals surface area contributed by atoms with Crippen molar-refractivity contribution in [1.82, 2.24) is 34.7 Å². The fourth-order valence-corrected chi connectivity index (χ4v) is 3.25. The highest BCUT2D eigenvalue weighted by Crippen LogP contribution is 2.22. The molecule has 0 aliphatic carbocycles. The van der Waals surface area contributed by atoms with Gasteiger partial charge < -0.3 is 10.2 Å². The second-order valence-electron chi connectivity index (χ2n) is 6.35. The van der Waals surface area contributed by atoms with Crippen LogP contribution in [-0.2, 0) is 7.05 Å². The Morgan fingerprint density at radius 3 is 3.04 bits per heavy atom. The van der Waals surface area contributed by atoms with E-state index in [0.29, 0.717) is 12.1 Å². The third-order valence-electron chi connectivity index (χ3n) is 4.50. The summed E-state index contributed by atoms with van der Waals surface area (Å²) in [5, 5.41) is 15.5. The topological polar surface area (TPSA) is 93.2 Å². The van der Waals surface area contributed by atoms with Gasteiger partial charge in [0.15, 0.2) is 5.82 Å². The molecule has 4 heterocycles. The minimum absolute atomic E-state index is 0.0625. The summed E-state index contributed by atoms with van der Waals surface area (Å²) >= 11 is 0. The number of amides is 1. The second kappa shape index (κ2) is 6.15. The average molecular weight is 340 g/mol. The fraction of sp³-hybridized carbons (Fsp3) is 0.438. The van der Waals surface area contributed by atoms with Gasteiger partial charge in [0.25, 0.3) is 5.91 Å². The molecule has 1 unspecified atom stereocenters. The normalized spacial score (nSPS) is 17.8. The molecule has 0 radical (unpaired) electrons. The number of nitrogens with one attached hydrogen (secondary N) is 1. The molecule has 4 rings (SSSR count). The molecule has 1 aliphatic heterocycles. The Bertz CT molecular complexity index is 914. The number of hydrogen-bond acceptors (Lipinski definition) is 6. The molecule has 0 spiro atoms. The van der Waals surface area contributed by atoms with Gasteiger partial charge in [-0.1, -0.05) is 0 Å². The van der Waals surface area contributed by atoms with E-state index in [0.717, 1.165) is 36.7 Å². The van der Waals surface area contributed by atoms with Crippen LogP contribution in [0.3, 0.4) is 0 Å². The van der Waals surface area contributed by atoms with Crippen molar-refractivity contribution in [1.29, 1.82) is 0 Å². The predicted molar refractivity (Wildman–Crippen MR) is 91.4 cm³/mol. The summed E-state index contributed by atoms with van der Waals surface area (Å²) < 4.78 is 3.56. The Morgan fingerprint density at radius 1 is 1.36 bits per heavy atom. The maximum absolute atomic E-state index is 12.4. The number of piperidine rings is 1. The first-order chi connectivity index (χ1) is 12.1. The number of anilines is 1. The van der Waals surface area contributed by atoms with E-state index in [1.165, 1.54) is 0 Å². The summed E-state index contributed by atoms with van der Waals surface area (Å²) in [6, 6.07) is 0.0625. The van der Waals surface area contributed by atoms with Crippen LogP contribution in [0.15, 0.2) is 24.8 Å². The zero-order valence-corrected chi connectivity index (χ0v) is 14.3. The monoisotopic (exact) mass is 340 g/mol. The SMILES string of the molecule is Cc1nnc2c(N3CCCC(NC(=O)c4cnn(C)c4)C3)nccn12. The summed E-state index contributed by atoms with van der Waals surface area (Å²) in [5.41, 5.74) is 1.33. The highest BCUT2D eigenvalue weighted by Gasteiger charge is 2.25. The Hall–Kier alpha value is -2.97. The zero-order chi connectivity index (χ0) is 17.4. The molecule has 3 aromatic rings. The average Bonchev–Trinajstić information content (AvgIpc) is 3.21. The summed E-state index contributed by atoms with van der Waals surface area (Å²) in [6.07, 6.45) is 8.84. The van der Waals surface area contributed by atoms with Crippen molar-refractivity contribution in [3.63, 3.8) is 0 Å². The van der Waals surface area contributed by atoms with Crippen molar-refractivity contribution < 1.29 is 4.79 Å². The van der Waals surface area contributed by atoms with Gasteiger partial charge >= 0.3 is 0 Å². The number of aromatic nitrogens is 6. The molecule has 25 heavy (non-hydrogen) atoms. The van der Waals surface area contributed by atoms with Crippen LogP contribution in [0.4, 0.5) is 5.82 Å². The molecule has 130 valence electrons. The van der Waals surface area contributed by atoms with Crippen LogP contribution >= 0.6 is 0 Å². The van der Waals surface area contributed by atoms with Crippen LogP contribution in [0.5, 0.6) is 0 Å². The molecule has 0 aromatic carbocycles. The van der Waals surface area contributed by atoms with Crippen molar-refractivity contribution in [2.45, 2.75) is 25.8 Å². The van der Waals surface area contributed by atoms with Gasteiger partial charge in [-0.3, -0.25) is 13.9 Å². The van der Waals surface area contributed by atoms with Crippen molar-refractivity contribution in [3.05, 3.63) is 36.2 Å². The van der Waals surface area contributed by atoms with Crippen LogP contribution < -0.4 is 10.2 Å². The van der Waals surface area contributed by atoms with E-state index < -0.39 is 0 Å². The minimum Gasteiger partial charge on any atom is -0.351 e. The lowest BCUT2D eigenvalue weighted by atomic mass is 10.1. The summed E-state index contributed by atoms with van der Waals surface area (Å²) in [7, 11) is 1.80. The molecule has 0 saturated carbocycles. The van der Waals surface area contributed by atoms with Crippen molar-refractivity contribution in [3.8, 4) is 0 Å². The number of hydrogen-bond donors (Lipinski definition) is 1. The smallest absolute Gasteiger partial charge is 0.254 e. The zero-order valence-electron chi connectivity index (χ0n) is 14.3. The van der Waals surface area contributed by atoms with Crippen molar-refractivity contribution >= 4 is 17.4 Å². The van der Waals surface area contributed by atoms with Crippen LogP contribution in [0.25, 0.3) is 5.65 Å². The Balaban J connectivity index is 1.51. The molecule has 1 saturated heterocycles. The molecule has 1 amide bonds. The lowest BCUT2D eigenvalue weighted by Crippen LogP contribution is -2.48. The van der Waals surface area contributed by atoms with E-state index in [1.807, 2.05) is 17.5 Å². The summed E-state index contributed by atoms with van der Waals surface area (Å²) in [4.78, 5) is 19.0. The second-order valence-corrected chi connectivity index (χ2v) is 6.35. The van der Waals surface area contributed by atoms with Gasteiger partial charge in [0.1, 0.15) is 5.82 Å². The van der Waals surface area contributed by atoms with Gasteiger partial charge in [-0.2, -0.15) is 5.10 Å². The number of fused-ring (bicyclic) bond motifs is 1. The lowest BCUT2D eigenvalue weighted by Gasteiger charge is -2.33. The highest BCUT2D eigenvalue weighted by molar-refractivity contribution is 5.93. The summed E-state index contributed by atoms with van der Waals surface area (Å²) in [6.45, 7) is 3.50. The van der Waals surface area contributed by atoms with Gasteiger partial charge in [-0.15, -0.1) is 10.2 Å². The Labute approximate surface area is 144 Å². The first-order valence-corrected chi connectivity index (χ1v) is 8.32. The largest absolute Gasteiger partial charge is 0.351 e. The number of nitrogens with zero attached hydrogens (tertiary/aromatic N) is 7. The molecular formula is C16H20N8O. The molecule has 1 fully saturated rings. The maximum Gasteiger partial charge on any atom is 0.254 e. The molecule has 0 bridgehead atoms. The van der Waals surface area contributed by atoms with Crippen molar-refractivity contribution in [2.24, 2.45) is 7.05 Å². The summed E-state index contributed by atoms with van der Waals surface area (Å²) in [5.74, 6) is 1.55. The van der Waals surface area contributed by atoms with E-state index in [2.05, 4.69) is 30.5 Å². The third kappa shape index (κ3) is 2.92. The van der Waals surface area contributed by atoms with Crippen LogP contribution in [-0.4, -0.2) is 54.4 Å². The molecule has 3 aromatic heterocycles. The van der Waals surface area contributed by atoms with Gasteiger partial charge in [0.05, 0.1) is 11.8 Å². The highest BCUT2D eigenvalue weighted by atomic mass is 16.1. The van der Waals surface area contributed by atoms with E-state index >= 15 is 0 Å². The molecule has 1 atom stereocenters. The van der Waals surface area contributed by atoms with E-state index in [-0.39, 0.29) is 11.9 Å². The van der Waals surface area contributed by atoms with E-state index in [4.69, 9.17) is 0 Å². The van der Waals surface area contributed by atoms with Gasteiger partial charge in [-0.05, 0) is 19.8 Å². The third-order valence-corrected chi connectivity index (χ3v) is 4.50. The standard InChI is InChI=1S/C16H20N8O/c1-11-20-21-15-14(17-5-7-24(11)15)23-6-3-4-13(10-23)19-16(25)12-8-18-22(2)9-12/h5,7-9,13H,3-4,6,10H2,1-2H3,(H,19,25). The Morgan fingerprint density at radius 2 is 2.24 bits per heavy atom. The molecule has 1 aliphatic rings. The van der Waals surface area contributed by atoms with Gasteiger partial charge in [0, 0.05) is 44.8 Å². The molecule has 9 nitrogen and oxygen atoms in total. The van der Waals surface area contributed by atoms with Crippen LogP contribution in [0.2, 0.25) is 0 Å². The first kappa shape index (κ1) is 15.6. The number of carbonyl (C=O) groups is 1. The lowest BCUT2D eigenvalue weighted by molar-refractivity contribution is 0.0933.